The highest BCUT2D eigenvalue weighted by molar-refractivity contribution is 5.92. The van der Waals surface area contributed by atoms with E-state index < -0.39 is 0 Å². The van der Waals surface area contributed by atoms with E-state index in [1.54, 1.807) is 0 Å². The van der Waals surface area contributed by atoms with E-state index in [2.05, 4.69) is 126 Å². The second-order valence-electron chi connectivity index (χ2n) is 11.0. The van der Waals surface area contributed by atoms with Crippen molar-refractivity contribution < 1.29 is 0 Å². The van der Waals surface area contributed by atoms with Crippen LogP contribution in [-0.4, -0.2) is 14.5 Å². The van der Waals surface area contributed by atoms with Crippen molar-refractivity contribution in [1.82, 2.24) is 14.5 Å². The highest BCUT2D eigenvalue weighted by atomic mass is 15.1. The van der Waals surface area contributed by atoms with Gasteiger partial charge in [-0.05, 0) is 102 Å². The molecule has 42 heavy (non-hydrogen) atoms. The van der Waals surface area contributed by atoms with Gasteiger partial charge in [0.15, 0.2) is 0 Å². The standard InChI is InChI=1S/C39H33N3/c1-2-29(25-32-20-19-31(24-28-12-4-3-5-13-28)33-14-6-7-15-34(32)33)30-21-22-38(35(26-30)36-16-10-11-23-40-36)42-27-41-37-17-8-9-18-39(37)42/h2-12,14-19,21-23,25-28H,13,20,24H2,1H3/b29-2+,32-25+. The zero-order chi connectivity index (χ0) is 28.3. The zero-order valence-corrected chi connectivity index (χ0v) is 23.8. The fourth-order valence-corrected chi connectivity index (χ4v) is 6.22. The lowest BCUT2D eigenvalue weighted by Crippen LogP contribution is -2.05. The molecule has 0 saturated heterocycles. The first kappa shape index (κ1) is 25.9. The second-order valence-corrected chi connectivity index (χ2v) is 11.0. The Bertz CT molecular complexity index is 1910. The summed E-state index contributed by atoms with van der Waals surface area (Å²) in [5.41, 5.74) is 13.0. The molecule has 1 unspecified atom stereocenters. The molecular formula is C39H33N3. The van der Waals surface area contributed by atoms with Gasteiger partial charge in [-0.25, -0.2) is 4.98 Å². The molecule has 1 atom stereocenters. The number of allylic oxidation sites excluding steroid dienone is 10. The Morgan fingerprint density at radius 1 is 0.881 bits per heavy atom. The number of hydrogen-bond acceptors (Lipinski definition) is 2. The van der Waals surface area contributed by atoms with E-state index in [0.717, 1.165) is 47.2 Å². The van der Waals surface area contributed by atoms with Gasteiger partial charge in [0.05, 0.1) is 22.4 Å². The van der Waals surface area contributed by atoms with Gasteiger partial charge in [0.1, 0.15) is 6.33 Å². The highest BCUT2D eigenvalue weighted by Gasteiger charge is 2.20. The largest absolute Gasteiger partial charge is 0.298 e. The fraction of sp³-hybridized carbons (Fsp3) is 0.128. The van der Waals surface area contributed by atoms with Crippen LogP contribution < -0.4 is 0 Å². The van der Waals surface area contributed by atoms with Gasteiger partial charge in [0, 0.05) is 11.8 Å². The van der Waals surface area contributed by atoms with Crippen LogP contribution in [0.15, 0.2) is 140 Å². The van der Waals surface area contributed by atoms with Crippen LogP contribution in [0.5, 0.6) is 0 Å². The van der Waals surface area contributed by atoms with Crippen LogP contribution in [0.2, 0.25) is 0 Å². The Kier molecular flexibility index (Phi) is 7.07. The molecule has 3 aromatic carbocycles. The summed E-state index contributed by atoms with van der Waals surface area (Å²) in [4.78, 5) is 9.40. The molecule has 0 fully saturated rings. The summed E-state index contributed by atoms with van der Waals surface area (Å²) in [7, 11) is 0. The summed E-state index contributed by atoms with van der Waals surface area (Å²) >= 11 is 0. The number of benzene rings is 3. The zero-order valence-electron chi connectivity index (χ0n) is 23.8. The minimum atomic E-state index is 0.571. The van der Waals surface area contributed by atoms with Crippen molar-refractivity contribution in [3.8, 4) is 16.9 Å². The maximum atomic E-state index is 4.74. The fourth-order valence-electron chi connectivity index (χ4n) is 6.22. The van der Waals surface area contributed by atoms with E-state index in [1.807, 2.05) is 30.7 Å². The van der Waals surface area contributed by atoms with Gasteiger partial charge in [0.25, 0.3) is 0 Å². The van der Waals surface area contributed by atoms with Gasteiger partial charge in [-0.15, -0.1) is 0 Å². The van der Waals surface area contributed by atoms with Crippen LogP contribution in [-0.2, 0) is 0 Å². The normalized spacial score (nSPS) is 17.5. The number of fused-ring (bicyclic) bond motifs is 2. The van der Waals surface area contributed by atoms with Crippen LogP contribution in [0.4, 0.5) is 0 Å². The van der Waals surface area contributed by atoms with E-state index in [9.17, 15) is 0 Å². The van der Waals surface area contributed by atoms with Gasteiger partial charge in [0.2, 0.25) is 0 Å². The summed E-state index contributed by atoms with van der Waals surface area (Å²) in [6.07, 6.45) is 22.9. The molecule has 3 nitrogen and oxygen atoms in total. The third-order valence-electron chi connectivity index (χ3n) is 8.36. The van der Waals surface area contributed by atoms with E-state index in [0.29, 0.717) is 5.92 Å². The predicted molar refractivity (Wildman–Crippen MR) is 176 cm³/mol. The topological polar surface area (TPSA) is 30.7 Å². The smallest absolute Gasteiger partial charge is 0.100 e. The van der Waals surface area contributed by atoms with Gasteiger partial charge < -0.3 is 0 Å². The molecular weight excluding hydrogens is 510 g/mol. The van der Waals surface area contributed by atoms with Crippen LogP contribution in [0.1, 0.15) is 42.9 Å². The molecule has 2 heterocycles. The summed E-state index contributed by atoms with van der Waals surface area (Å²) in [5, 5.41) is 0. The number of nitrogens with zero attached hydrogens (tertiary/aromatic N) is 3. The summed E-state index contributed by atoms with van der Waals surface area (Å²) in [6.45, 7) is 2.13. The van der Waals surface area contributed by atoms with Crippen molar-refractivity contribution in [2.45, 2.75) is 26.2 Å². The molecule has 0 aliphatic heterocycles. The van der Waals surface area contributed by atoms with Crippen molar-refractivity contribution in [3.63, 3.8) is 0 Å². The molecule has 2 aliphatic carbocycles. The Labute approximate surface area is 247 Å². The average molecular weight is 544 g/mol. The van der Waals surface area contributed by atoms with E-state index in [1.165, 1.54) is 33.4 Å². The lowest BCUT2D eigenvalue weighted by molar-refractivity contribution is 0.677. The molecule has 0 radical (unpaired) electrons. The van der Waals surface area contributed by atoms with Crippen LogP contribution >= 0.6 is 0 Å². The molecule has 0 saturated carbocycles. The van der Waals surface area contributed by atoms with Gasteiger partial charge >= 0.3 is 0 Å². The molecule has 0 amide bonds. The minimum absolute atomic E-state index is 0.571. The van der Waals surface area contributed by atoms with E-state index >= 15 is 0 Å². The first-order valence-electron chi connectivity index (χ1n) is 14.8. The third kappa shape index (κ3) is 4.99. The van der Waals surface area contributed by atoms with E-state index in [-0.39, 0.29) is 0 Å². The van der Waals surface area contributed by atoms with Crippen molar-refractivity contribution in [2.24, 2.45) is 5.92 Å². The van der Waals surface area contributed by atoms with Crippen LogP contribution in [0.3, 0.4) is 0 Å². The van der Waals surface area contributed by atoms with Crippen molar-refractivity contribution >= 4 is 27.8 Å². The number of hydrogen-bond donors (Lipinski definition) is 0. The Morgan fingerprint density at radius 3 is 2.57 bits per heavy atom. The average Bonchev–Trinajstić information content (AvgIpc) is 3.49. The monoisotopic (exact) mass is 543 g/mol. The number of rotatable bonds is 6. The number of pyridine rings is 1. The molecule has 2 aromatic heterocycles. The molecule has 0 N–H and O–H groups in total. The van der Waals surface area contributed by atoms with Gasteiger partial charge in [-0.2, -0.15) is 0 Å². The minimum Gasteiger partial charge on any atom is -0.298 e. The van der Waals surface area contributed by atoms with Gasteiger partial charge in [-0.3, -0.25) is 9.55 Å². The SMILES string of the molecule is C/C=C(\C=C1/CC=C(CC2C=CC=CC2)c2ccccc21)c1ccc(-n2cnc3ccccc32)c(-c2ccccn2)c1. The lowest BCUT2D eigenvalue weighted by atomic mass is 9.81. The number of imidazole rings is 1. The van der Waals surface area contributed by atoms with Gasteiger partial charge in [-0.1, -0.05) is 91.1 Å². The van der Waals surface area contributed by atoms with Crippen molar-refractivity contribution in [1.29, 1.82) is 0 Å². The first-order chi connectivity index (χ1) is 20.8. The Morgan fingerprint density at radius 2 is 1.74 bits per heavy atom. The lowest BCUT2D eigenvalue weighted by Gasteiger charge is -2.24. The van der Waals surface area contributed by atoms with Crippen LogP contribution in [0, 0.1) is 5.92 Å². The number of para-hydroxylation sites is 2. The number of aromatic nitrogens is 3. The van der Waals surface area contributed by atoms with E-state index in [4.69, 9.17) is 4.98 Å². The molecule has 5 aromatic rings. The maximum Gasteiger partial charge on any atom is 0.100 e. The predicted octanol–water partition coefficient (Wildman–Crippen LogP) is 9.88. The molecule has 204 valence electrons. The Hall–Kier alpha value is -5.02. The molecule has 3 heteroatoms. The summed E-state index contributed by atoms with van der Waals surface area (Å²) in [6, 6.07) is 29.9. The van der Waals surface area contributed by atoms with Crippen molar-refractivity contribution in [3.05, 3.63) is 157 Å². The van der Waals surface area contributed by atoms with Crippen molar-refractivity contribution in [2.75, 3.05) is 0 Å². The molecule has 2 aliphatic rings. The summed E-state index contributed by atoms with van der Waals surface area (Å²) in [5.74, 6) is 0.571. The third-order valence-corrected chi connectivity index (χ3v) is 8.36. The Balaban J connectivity index is 1.28. The molecule has 0 bridgehead atoms. The maximum absolute atomic E-state index is 4.74. The first-order valence-corrected chi connectivity index (χ1v) is 14.8. The highest BCUT2D eigenvalue weighted by Crippen LogP contribution is 2.40. The van der Waals surface area contributed by atoms with Crippen LogP contribution in [0.25, 0.3) is 44.7 Å². The molecule has 7 rings (SSSR count). The quantitative estimate of drug-likeness (QED) is 0.213. The summed E-state index contributed by atoms with van der Waals surface area (Å²) < 4.78 is 2.16. The second kappa shape index (κ2) is 11.5. The molecule has 0 spiro atoms.